The van der Waals surface area contributed by atoms with E-state index in [-0.39, 0.29) is 6.09 Å². The van der Waals surface area contributed by atoms with Crippen molar-refractivity contribution in [3.8, 4) is 6.07 Å². The van der Waals surface area contributed by atoms with Crippen LogP contribution in [0.2, 0.25) is 0 Å². The molecule has 6 nitrogen and oxygen atoms in total. The van der Waals surface area contributed by atoms with E-state index in [1.54, 1.807) is 17.0 Å². The van der Waals surface area contributed by atoms with Crippen LogP contribution < -0.4 is 4.90 Å². The fourth-order valence-corrected chi connectivity index (χ4v) is 4.06. The summed E-state index contributed by atoms with van der Waals surface area (Å²) in [5.74, 6) is 0. The highest BCUT2D eigenvalue weighted by Gasteiger charge is 2.31. The number of carbonyl (C=O) groups excluding carboxylic acids is 1. The van der Waals surface area contributed by atoms with E-state index in [4.69, 9.17) is 4.74 Å². The van der Waals surface area contributed by atoms with E-state index in [0.29, 0.717) is 41.7 Å². The van der Waals surface area contributed by atoms with Gasteiger partial charge in [-0.3, -0.25) is 0 Å². The Morgan fingerprint density at radius 3 is 2.34 bits per heavy atom. The summed E-state index contributed by atoms with van der Waals surface area (Å²) < 4.78 is 43.8. The van der Waals surface area contributed by atoms with Crippen LogP contribution >= 0.6 is 11.8 Å². The van der Waals surface area contributed by atoms with Gasteiger partial charge in [0.15, 0.2) is 0 Å². The summed E-state index contributed by atoms with van der Waals surface area (Å²) >= 11 is 1.20. The molecule has 2 heterocycles. The molecule has 1 amide bonds. The molecule has 0 spiro atoms. The summed E-state index contributed by atoms with van der Waals surface area (Å²) in [5, 5.41) is 9.66. The fourth-order valence-electron chi connectivity index (χ4n) is 3.10. The Morgan fingerprint density at radius 2 is 1.81 bits per heavy atom. The Hall–Kier alpha value is -2.93. The van der Waals surface area contributed by atoms with Crippen molar-refractivity contribution < 1.29 is 22.7 Å². The molecule has 1 fully saturated rings. The summed E-state index contributed by atoms with van der Waals surface area (Å²) in [4.78, 5) is 20.7. The Labute approximate surface area is 189 Å². The van der Waals surface area contributed by atoms with Crippen LogP contribution in [0.5, 0.6) is 0 Å². The van der Waals surface area contributed by atoms with Gasteiger partial charge in [-0.05, 0) is 51.1 Å². The van der Waals surface area contributed by atoms with Gasteiger partial charge in [-0.1, -0.05) is 11.8 Å². The van der Waals surface area contributed by atoms with Crippen molar-refractivity contribution in [2.45, 2.75) is 42.5 Å². The summed E-state index contributed by atoms with van der Waals surface area (Å²) in [6, 6.07) is 9.59. The molecule has 0 unspecified atom stereocenters. The van der Waals surface area contributed by atoms with E-state index < -0.39 is 17.3 Å². The summed E-state index contributed by atoms with van der Waals surface area (Å²) in [7, 11) is 0. The smallest absolute Gasteiger partial charge is 0.417 e. The first-order chi connectivity index (χ1) is 15.0. The van der Waals surface area contributed by atoms with Crippen molar-refractivity contribution in [2.24, 2.45) is 0 Å². The lowest BCUT2D eigenvalue weighted by Gasteiger charge is -2.37. The van der Waals surface area contributed by atoms with Crippen molar-refractivity contribution in [3.63, 3.8) is 0 Å². The van der Waals surface area contributed by atoms with E-state index in [9.17, 15) is 23.2 Å². The molecule has 0 saturated carbocycles. The SMILES string of the molecule is CC(C)(C)OC(=O)N1CCN(c2ccc(C#N)cc2Sc2ccc(C(F)(F)F)cn2)CC1. The molecule has 1 aromatic carbocycles. The molecule has 1 aliphatic heterocycles. The number of aromatic nitrogens is 1. The third-order valence-electron chi connectivity index (χ3n) is 4.64. The van der Waals surface area contributed by atoms with Gasteiger partial charge in [-0.15, -0.1) is 0 Å². The Morgan fingerprint density at radius 1 is 1.12 bits per heavy atom. The lowest BCUT2D eigenvalue weighted by Crippen LogP contribution is -2.50. The molecule has 0 radical (unpaired) electrons. The number of nitriles is 1. The number of piperazine rings is 1. The molecule has 1 aliphatic rings. The van der Waals surface area contributed by atoms with Crippen LogP contribution in [0.25, 0.3) is 0 Å². The molecule has 0 N–H and O–H groups in total. The number of alkyl halides is 3. The molecule has 0 bridgehead atoms. The standard InChI is InChI=1S/C22H23F3N4O2S/c1-21(2,3)31-20(30)29-10-8-28(9-11-29)17-6-4-15(13-26)12-18(17)32-19-7-5-16(14-27-19)22(23,24)25/h4-7,12,14H,8-11H2,1-3H3. The van der Waals surface area contributed by atoms with Crippen LogP contribution in [-0.2, 0) is 10.9 Å². The molecular formula is C22H23F3N4O2S. The van der Waals surface area contributed by atoms with Crippen molar-refractivity contribution in [3.05, 3.63) is 47.7 Å². The average molecular weight is 465 g/mol. The van der Waals surface area contributed by atoms with E-state index in [1.165, 1.54) is 17.8 Å². The molecule has 0 atom stereocenters. The molecular weight excluding hydrogens is 441 g/mol. The number of hydrogen-bond donors (Lipinski definition) is 0. The fraction of sp³-hybridized carbons (Fsp3) is 0.409. The number of carbonyl (C=O) groups is 1. The number of hydrogen-bond acceptors (Lipinski definition) is 6. The van der Waals surface area contributed by atoms with Gasteiger partial charge in [0, 0.05) is 37.3 Å². The van der Waals surface area contributed by atoms with E-state index in [1.807, 2.05) is 26.8 Å². The summed E-state index contributed by atoms with van der Waals surface area (Å²) in [5.41, 5.74) is -0.110. The maximum absolute atomic E-state index is 12.8. The molecule has 32 heavy (non-hydrogen) atoms. The summed E-state index contributed by atoms with van der Waals surface area (Å²) in [6.45, 7) is 7.50. The topological polar surface area (TPSA) is 69.5 Å². The number of rotatable bonds is 3. The number of benzene rings is 1. The minimum Gasteiger partial charge on any atom is -0.444 e. The molecule has 1 aromatic heterocycles. The van der Waals surface area contributed by atoms with E-state index in [0.717, 1.165) is 18.0 Å². The van der Waals surface area contributed by atoms with Crippen LogP contribution in [0.15, 0.2) is 46.5 Å². The first kappa shape index (κ1) is 23.7. The van der Waals surface area contributed by atoms with Gasteiger partial charge >= 0.3 is 12.3 Å². The van der Waals surface area contributed by atoms with Gasteiger partial charge in [0.25, 0.3) is 0 Å². The molecule has 3 rings (SSSR count). The lowest BCUT2D eigenvalue weighted by atomic mass is 10.2. The zero-order chi connectivity index (χ0) is 23.5. The van der Waals surface area contributed by atoms with Crippen molar-refractivity contribution in [1.82, 2.24) is 9.88 Å². The van der Waals surface area contributed by atoms with Crippen LogP contribution in [-0.4, -0.2) is 47.8 Å². The second-order valence-corrected chi connectivity index (χ2v) is 9.30. The normalized spacial score (nSPS) is 14.8. The third-order valence-corrected chi connectivity index (χ3v) is 5.64. The molecule has 0 aliphatic carbocycles. The molecule has 170 valence electrons. The predicted molar refractivity (Wildman–Crippen MR) is 115 cm³/mol. The van der Waals surface area contributed by atoms with Gasteiger partial charge in [0.2, 0.25) is 0 Å². The van der Waals surface area contributed by atoms with Gasteiger partial charge in [0.1, 0.15) is 10.6 Å². The number of amides is 1. The molecule has 1 saturated heterocycles. The maximum Gasteiger partial charge on any atom is 0.417 e. The maximum atomic E-state index is 12.8. The highest BCUT2D eigenvalue weighted by molar-refractivity contribution is 7.99. The highest BCUT2D eigenvalue weighted by atomic mass is 32.2. The van der Waals surface area contributed by atoms with Crippen molar-refractivity contribution >= 4 is 23.5 Å². The Kier molecular flexibility index (Phi) is 6.88. The summed E-state index contributed by atoms with van der Waals surface area (Å²) in [6.07, 6.45) is -4.01. The quantitative estimate of drug-likeness (QED) is 0.624. The van der Waals surface area contributed by atoms with Crippen LogP contribution in [0.3, 0.4) is 0 Å². The lowest BCUT2D eigenvalue weighted by molar-refractivity contribution is -0.137. The zero-order valence-electron chi connectivity index (χ0n) is 17.9. The van der Waals surface area contributed by atoms with Crippen LogP contribution in [0.1, 0.15) is 31.9 Å². The first-order valence-corrected chi connectivity index (χ1v) is 10.8. The number of ether oxygens (including phenoxy) is 1. The van der Waals surface area contributed by atoms with Crippen LogP contribution in [0.4, 0.5) is 23.7 Å². The Bertz CT molecular complexity index is 1010. The first-order valence-electron chi connectivity index (χ1n) is 9.94. The molecule has 2 aromatic rings. The van der Waals surface area contributed by atoms with E-state index in [2.05, 4.69) is 16.0 Å². The van der Waals surface area contributed by atoms with Crippen molar-refractivity contribution in [1.29, 1.82) is 5.26 Å². The van der Waals surface area contributed by atoms with Gasteiger partial charge in [0.05, 0.1) is 22.9 Å². The largest absolute Gasteiger partial charge is 0.444 e. The third kappa shape index (κ3) is 6.07. The number of anilines is 1. The van der Waals surface area contributed by atoms with Crippen LogP contribution in [0, 0.1) is 11.3 Å². The van der Waals surface area contributed by atoms with E-state index >= 15 is 0 Å². The van der Waals surface area contributed by atoms with Gasteiger partial charge in [-0.2, -0.15) is 18.4 Å². The highest BCUT2D eigenvalue weighted by Crippen LogP contribution is 2.37. The Balaban J connectivity index is 1.76. The van der Waals surface area contributed by atoms with Gasteiger partial charge < -0.3 is 14.5 Å². The predicted octanol–water partition coefficient (Wildman–Crippen LogP) is 5.18. The zero-order valence-corrected chi connectivity index (χ0v) is 18.8. The second-order valence-electron chi connectivity index (χ2n) is 8.23. The minimum absolute atomic E-state index is 0.361. The van der Waals surface area contributed by atoms with Gasteiger partial charge in [-0.25, -0.2) is 9.78 Å². The number of nitrogens with zero attached hydrogens (tertiary/aromatic N) is 4. The number of pyridine rings is 1. The minimum atomic E-state index is -4.45. The van der Waals surface area contributed by atoms with Crippen molar-refractivity contribution in [2.75, 3.05) is 31.1 Å². The average Bonchev–Trinajstić information content (AvgIpc) is 2.72. The number of halogens is 3. The molecule has 10 heteroatoms. The monoisotopic (exact) mass is 464 g/mol. The second kappa shape index (κ2) is 9.28.